The predicted molar refractivity (Wildman–Crippen MR) is 74.6 cm³/mol. The van der Waals surface area contributed by atoms with Gasteiger partial charge in [-0.15, -0.1) is 0 Å². The summed E-state index contributed by atoms with van der Waals surface area (Å²) in [6.07, 6.45) is 5.15. The predicted octanol–water partition coefficient (Wildman–Crippen LogP) is 2.26. The quantitative estimate of drug-likeness (QED) is 0.788. The zero-order valence-electron chi connectivity index (χ0n) is 9.75. The van der Waals surface area contributed by atoms with Gasteiger partial charge in [-0.2, -0.15) is 0 Å². The van der Waals surface area contributed by atoms with Crippen LogP contribution in [0.2, 0.25) is 0 Å². The van der Waals surface area contributed by atoms with Crippen LogP contribution < -0.4 is 5.73 Å². The number of halogens is 1. The lowest BCUT2D eigenvalue weighted by Gasteiger charge is -2.06. The van der Waals surface area contributed by atoms with Gasteiger partial charge < -0.3 is 5.73 Å². The minimum Gasteiger partial charge on any atom is -0.366 e. The van der Waals surface area contributed by atoms with Gasteiger partial charge in [0, 0.05) is 17.3 Å². The molecule has 0 radical (unpaired) electrons. The molecule has 5 nitrogen and oxygen atoms in total. The second kappa shape index (κ2) is 4.47. The summed E-state index contributed by atoms with van der Waals surface area (Å²) in [5, 5.41) is 0. The molecular weight excluding hydrogens is 308 g/mol. The van der Waals surface area contributed by atoms with E-state index in [-0.39, 0.29) is 0 Å². The molecule has 6 heteroatoms. The number of nitrogens with zero attached hydrogens (tertiary/aromatic N) is 3. The molecule has 1 aromatic carbocycles. The van der Waals surface area contributed by atoms with Crippen LogP contribution in [0, 0.1) is 0 Å². The summed E-state index contributed by atoms with van der Waals surface area (Å²) in [5.41, 5.74) is 8.13. The topological polar surface area (TPSA) is 73.3 Å². The molecule has 0 saturated carbocycles. The van der Waals surface area contributed by atoms with Crippen molar-refractivity contribution in [2.75, 3.05) is 0 Å². The Labute approximate surface area is 117 Å². The number of carbonyl (C=O) groups is 1. The first-order chi connectivity index (χ1) is 9.16. The van der Waals surface area contributed by atoms with Crippen LogP contribution in [0.15, 0.2) is 47.5 Å². The van der Waals surface area contributed by atoms with E-state index in [0.29, 0.717) is 15.8 Å². The van der Waals surface area contributed by atoms with E-state index in [1.165, 1.54) is 0 Å². The van der Waals surface area contributed by atoms with Gasteiger partial charge in [0.05, 0.1) is 18.1 Å². The zero-order valence-corrected chi connectivity index (χ0v) is 11.3. The number of hydrogen-bond donors (Lipinski definition) is 1. The number of nitrogens with two attached hydrogens (primary N) is 1. The van der Waals surface area contributed by atoms with Crippen LogP contribution in [-0.4, -0.2) is 20.3 Å². The monoisotopic (exact) mass is 316 g/mol. The number of rotatable bonds is 2. The van der Waals surface area contributed by atoms with Gasteiger partial charge in [-0.25, -0.2) is 9.97 Å². The number of primary amides is 1. The molecule has 0 atom stereocenters. The van der Waals surface area contributed by atoms with Gasteiger partial charge in [-0.3, -0.25) is 9.20 Å². The maximum Gasteiger partial charge on any atom is 0.249 e. The Kier molecular flexibility index (Phi) is 2.79. The molecule has 0 fully saturated rings. The summed E-state index contributed by atoms with van der Waals surface area (Å²) in [6.45, 7) is 0. The molecule has 2 N–H and O–H groups in total. The van der Waals surface area contributed by atoms with Crippen LogP contribution in [0.3, 0.4) is 0 Å². The Balaban J connectivity index is 2.31. The SMILES string of the molecule is NC(=O)c1ccccc1-c1cnc2cnc(Br)cn12. The van der Waals surface area contributed by atoms with E-state index >= 15 is 0 Å². The summed E-state index contributed by atoms with van der Waals surface area (Å²) in [7, 11) is 0. The summed E-state index contributed by atoms with van der Waals surface area (Å²) in [4.78, 5) is 19.9. The molecule has 19 heavy (non-hydrogen) atoms. The van der Waals surface area contributed by atoms with Crippen molar-refractivity contribution >= 4 is 27.5 Å². The number of imidazole rings is 1. The number of carbonyl (C=O) groups excluding carboxylic acids is 1. The van der Waals surface area contributed by atoms with Crippen LogP contribution in [0.4, 0.5) is 0 Å². The maximum absolute atomic E-state index is 11.5. The van der Waals surface area contributed by atoms with Crippen molar-refractivity contribution in [3.63, 3.8) is 0 Å². The van der Waals surface area contributed by atoms with Crippen LogP contribution in [-0.2, 0) is 0 Å². The summed E-state index contributed by atoms with van der Waals surface area (Å²) < 4.78 is 2.55. The Morgan fingerprint density at radius 2 is 2.00 bits per heavy atom. The molecule has 0 aliphatic rings. The molecule has 3 aromatic rings. The standard InChI is InChI=1S/C13H9BrN4O/c14-11-7-18-10(5-17-12(18)6-16-11)8-3-1-2-4-9(8)13(15)19/h1-7H,(H2,15,19). The molecule has 94 valence electrons. The molecule has 2 aromatic heterocycles. The van der Waals surface area contributed by atoms with Crippen molar-refractivity contribution in [1.82, 2.24) is 14.4 Å². The molecule has 0 bridgehead atoms. The molecule has 3 rings (SSSR count). The number of fused-ring (bicyclic) bond motifs is 1. The van der Waals surface area contributed by atoms with E-state index in [1.807, 2.05) is 16.5 Å². The first-order valence-electron chi connectivity index (χ1n) is 5.54. The molecule has 1 amide bonds. The first-order valence-corrected chi connectivity index (χ1v) is 6.34. The third-order valence-electron chi connectivity index (χ3n) is 2.83. The Morgan fingerprint density at radius 1 is 1.21 bits per heavy atom. The van der Waals surface area contributed by atoms with Crippen molar-refractivity contribution in [2.24, 2.45) is 5.73 Å². The van der Waals surface area contributed by atoms with Crippen LogP contribution in [0.1, 0.15) is 10.4 Å². The maximum atomic E-state index is 11.5. The molecule has 0 saturated heterocycles. The van der Waals surface area contributed by atoms with E-state index in [2.05, 4.69) is 25.9 Å². The highest BCUT2D eigenvalue weighted by Gasteiger charge is 2.13. The summed E-state index contributed by atoms with van der Waals surface area (Å²) in [6, 6.07) is 7.19. The second-order valence-electron chi connectivity index (χ2n) is 3.99. The number of aromatic nitrogens is 3. The van der Waals surface area contributed by atoms with Crippen LogP contribution in [0.5, 0.6) is 0 Å². The van der Waals surface area contributed by atoms with Gasteiger partial charge in [0.2, 0.25) is 5.91 Å². The van der Waals surface area contributed by atoms with E-state index in [0.717, 1.165) is 11.3 Å². The fourth-order valence-corrected chi connectivity index (χ4v) is 2.29. The van der Waals surface area contributed by atoms with Crippen molar-refractivity contribution < 1.29 is 4.79 Å². The van der Waals surface area contributed by atoms with Gasteiger partial charge in [0.1, 0.15) is 4.60 Å². The smallest absolute Gasteiger partial charge is 0.249 e. The Morgan fingerprint density at radius 3 is 2.79 bits per heavy atom. The second-order valence-corrected chi connectivity index (χ2v) is 4.80. The first kappa shape index (κ1) is 11.9. The normalized spacial score (nSPS) is 10.8. The highest BCUT2D eigenvalue weighted by Crippen LogP contribution is 2.25. The zero-order chi connectivity index (χ0) is 13.4. The van der Waals surface area contributed by atoms with Gasteiger partial charge in [-0.1, -0.05) is 18.2 Å². The van der Waals surface area contributed by atoms with Crippen molar-refractivity contribution in [3.8, 4) is 11.3 Å². The van der Waals surface area contributed by atoms with Gasteiger partial charge in [0.25, 0.3) is 0 Å². The molecule has 0 aliphatic heterocycles. The van der Waals surface area contributed by atoms with Gasteiger partial charge in [-0.05, 0) is 22.0 Å². The van der Waals surface area contributed by atoms with Gasteiger partial charge in [0.15, 0.2) is 5.65 Å². The number of hydrogen-bond acceptors (Lipinski definition) is 3. The third kappa shape index (κ3) is 2.00. The van der Waals surface area contributed by atoms with Gasteiger partial charge >= 0.3 is 0 Å². The van der Waals surface area contributed by atoms with E-state index in [9.17, 15) is 4.79 Å². The minimum absolute atomic E-state index is 0.460. The lowest BCUT2D eigenvalue weighted by molar-refractivity contribution is 0.100. The van der Waals surface area contributed by atoms with E-state index in [4.69, 9.17) is 5.73 Å². The summed E-state index contributed by atoms with van der Waals surface area (Å²) >= 11 is 3.32. The lowest BCUT2D eigenvalue weighted by atomic mass is 10.0. The fraction of sp³-hybridized carbons (Fsp3) is 0. The van der Waals surface area contributed by atoms with E-state index in [1.54, 1.807) is 30.7 Å². The Bertz CT molecular complexity index is 781. The number of benzene rings is 1. The molecule has 0 spiro atoms. The van der Waals surface area contributed by atoms with Crippen molar-refractivity contribution in [1.29, 1.82) is 0 Å². The molecule has 0 unspecified atom stereocenters. The van der Waals surface area contributed by atoms with Crippen molar-refractivity contribution in [3.05, 3.63) is 53.0 Å². The van der Waals surface area contributed by atoms with E-state index < -0.39 is 5.91 Å². The third-order valence-corrected chi connectivity index (χ3v) is 3.24. The van der Waals surface area contributed by atoms with Crippen LogP contribution >= 0.6 is 15.9 Å². The Hall–Kier alpha value is -2.21. The highest BCUT2D eigenvalue weighted by atomic mass is 79.9. The molecule has 0 aliphatic carbocycles. The fourth-order valence-electron chi connectivity index (χ4n) is 1.99. The minimum atomic E-state index is -0.460. The largest absolute Gasteiger partial charge is 0.366 e. The highest BCUT2D eigenvalue weighted by molar-refractivity contribution is 9.10. The number of amides is 1. The van der Waals surface area contributed by atoms with Crippen molar-refractivity contribution in [2.45, 2.75) is 0 Å². The average molecular weight is 317 g/mol. The van der Waals surface area contributed by atoms with Crippen LogP contribution in [0.25, 0.3) is 16.9 Å². The lowest BCUT2D eigenvalue weighted by Crippen LogP contribution is -2.12. The summed E-state index contributed by atoms with van der Waals surface area (Å²) in [5.74, 6) is -0.460. The molecule has 2 heterocycles. The molecular formula is C13H9BrN4O. The average Bonchev–Trinajstić information content (AvgIpc) is 2.81.